The summed E-state index contributed by atoms with van der Waals surface area (Å²) < 4.78 is 23.7. The Hall–Kier alpha value is -1.03. The molecule has 0 saturated heterocycles. The van der Waals surface area contributed by atoms with E-state index in [4.69, 9.17) is 0 Å². The molecule has 0 saturated carbocycles. The Labute approximate surface area is 97.3 Å². The molecule has 1 rings (SSSR count). The number of Topliss-reactive ketones (excluding diaryl/α,β-unsaturated/α-hetero) is 1. The van der Waals surface area contributed by atoms with Crippen molar-refractivity contribution in [2.45, 2.75) is 19.8 Å². The zero-order valence-corrected chi connectivity index (χ0v) is 10.1. The van der Waals surface area contributed by atoms with Crippen molar-refractivity contribution in [3.05, 3.63) is 35.6 Å². The van der Waals surface area contributed by atoms with Crippen molar-refractivity contribution in [2.24, 2.45) is 0 Å². The van der Waals surface area contributed by atoms with Crippen LogP contribution in [-0.2, 0) is 10.8 Å². The van der Waals surface area contributed by atoms with Gasteiger partial charge in [-0.1, -0.05) is 6.92 Å². The highest BCUT2D eigenvalue weighted by molar-refractivity contribution is 7.84. The Morgan fingerprint density at radius 1 is 1.31 bits per heavy atom. The number of carbonyl (C=O) groups excluding carboxylic acids is 1. The predicted octanol–water partition coefficient (Wildman–Crippen LogP) is 2.56. The molecule has 1 atom stereocenters. The van der Waals surface area contributed by atoms with E-state index in [0.717, 1.165) is 0 Å². The fourth-order valence-corrected chi connectivity index (χ4v) is 2.07. The third kappa shape index (κ3) is 4.23. The SMILES string of the molecule is CCS(=O)CCCC(=O)c1ccc(F)cc1. The summed E-state index contributed by atoms with van der Waals surface area (Å²) in [6.45, 7) is 1.86. The first kappa shape index (κ1) is 13.0. The third-order valence-electron chi connectivity index (χ3n) is 2.26. The maximum absolute atomic E-state index is 12.6. The summed E-state index contributed by atoms with van der Waals surface area (Å²) in [4.78, 5) is 11.6. The fraction of sp³-hybridized carbons (Fsp3) is 0.417. The Morgan fingerprint density at radius 3 is 2.50 bits per heavy atom. The van der Waals surface area contributed by atoms with Crippen LogP contribution in [0.25, 0.3) is 0 Å². The highest BCUT2D eigenvalue weighted by Gasteiger charge is 2.06. The number of ketones is 1. The molecule has 1 aromatic carbocycles. The Morgan fingerprint density at radius 2 is 1.94 bits per heavy atom. The normalized spacial score (nSPS) is 12.4. The first-order valence-corrected chi connectivity index (χ1v) is 6.76. The molecular weight excluding hydrogens is 227 g/mol. The standard InChI is InChI=1S/C12H15FO2S/c1-2-16(15)9-3-4-12(14)10-5-7-11(13)8-6-10/h5-8H,2-4,9H2,1H3. The molecule has 0 aliphatic carbocycles. The molecule has 88 valence electrons. The molecule has 1 unspecified atom stereocenters. The number of carbonyl (C=O) groups is 1. The molecule has 2 nitrogen and oxygen atoms in total. The average Bonchev–Trinajstić information content (AvgIpc) is 2.29. The molecule has 0 spiro atoms. The summed E-state index contributed by atoms with van der Waals surface area (Å²) in [6, 6.07) is 5.51. The monoisotopic (exact) mass is 242 g/mol. The van der Waals surface area contributed by atoms with Gasteiger partial charge in [0, 0.05) is 34.3 Å². The summed E-state index contributed by atoms with van der Waals surface area (Å²) in [5.74, 6) is 0.825. The van der Waals surface area contributed by atoms with Crippen LogP contribution in [0.5, 0.6) is 0 Å². The molecule has 16 heavy (non-hydrogen) atoms. The van der Waals surface area contributed by atoms with Gasteiger partial charge in [0.2, 0.25) is 0 Å². The van der Waals surface area contributed by atoms with Gasteiger partial charge in [-0.25, -0.2) is 4.39 Å². The number of halogens is 1. The lowest BCUT2D eigenvalue weighted by atomic mass is 10.1. The molecule has 0 aromatic heterocycles. The summed E-state index contributed by atoms with van der Waals surface area (Å²) in [7, 11) is -0.816. The summed E-state index contributed by atoms with van der Waals surface area (Å²) >= 11 is 0. The van der Waals surface area contributed by atoms with E-state index in [2.05, 4.69) is 0 Å². The molecule has 1 aromatic rings. The number of rotatable bonds is 6. The number of benzene rings is 1. The zero-order valence-electron chi connectivity index (χ0n) is 9.24. The van der Waals surface area contributed by atoms with Crippen LogP contribution in [0.1, 0.15) is 30.1 Å². The average molecular weight is 242 g/mol. The molecule has 0 bridgehead atoms. The van der Waals surface area contributed by atoms with E-state index >= 15 is 0 Å². The molecule has 0 aliphatic heterocycles. The van der Waals surface area contributed by atoms with Gasteiger partial charge in [0.25, 0.3) is 0 Å². The van der Waals surface area contributed by atoms with Crippen molar-refractivity contribution in [1.82, 2.24) is 0 Å². The Bertz CT molecular complexity index is 373. The van der Waals surface area contributed by atoms with Gasteiger partial charge in [-0.15, -0.1) is 0 Å². The van der Waals surface area contributed by atoms with E-state index in [9.17, 15) is 13.4 Å². The minimum Gasteiger partial charge on any atom is -0.294 e. The van der Waals surface area contributed by atoms with Crippen LogP contribution in [0.2, 0.25) is 0 Å². The van der Waals surface area contributed by atoms with Crippen molar-refractivity contribution < 1.29 is 13.4 Å². The topological polar surface area (TPSA) is 34.1 Å². The second-order valence-corrected chi connectivity index (χ2v) is 5.33. The van der Waals surface area contributed by atoms with Crippen LogP contribution in [0.3, 0.4) is 0 Å². The lowest BCUT2D eigenvalue weighted by molar-refractivity contribution is 0.0982. The van der Waals surface area contributed by atoms with Gasteiger partial charge in [-0.3, -0.25) is 9.00 Å². The van der Waals surface area contributed by atoms with Crippen molar-refractivity contribution in [1.29, 1.82) is 0 Å². The van der Waals surface area contributed by atoms with Gasteiger partial charge in [0.15, 0.2) is 5.78 Å². The molecule has 0 fully saturated rings. The van der Waals surface area contributed by atoms with E-state index in [-0.39, 0.29) is 11.6 Å². The minimum atomic E-state index is -0.816. The maximum atomic E-state index is 12.6. The highest BCUT2D eigenvalue weighted by atomic mass is 32.2. The van der Waals surface area contributed by atoms with E-state index < -0.39 is 10.8 Å². The van der Waals surface area contributed by atoms with Gasteiger partial charge in [-0.05, 0) is 30.7 Å². The summed E-state index contributed by atoms with van der Waals surface area (Å²) in [5, 5.41) is 0. The minimum absolute atomic E-state index is 0.0203. The first-order chi connectivity index (χ1) is 7.63. The lowest BCUT2D eigenvalue weighted by Gasteiger charge is -2.01. The van der Waals surface area contributed by atoms with Crippen LogP contribution in [-0.4, -0.2) is 21.5 Å². The zero-order chi connectivity index (χ0) is 12.0. The molecule has 0 radical (unpaired) electrons. The van der Waals surface area contributed by atoms with Crippen LogP contribution < -0.4 is 0 Å². The van der Waals surface area contributed by atoms with Crippen LogP contribution in [0.4, 0.5) is 4.39 Å². The predicted molar refractivity (Wildman–Crippen MR) is 63.5 cm³/mol. The Kier molecular flexibility index (Phi) is 5.32. The second kappa shape index (κ2) is 6.53. The molecule has 0 amide bonds. The van der Waals surface area contributed by atoms with Gasteiger partial charge < -0.3 is 0 Å². The van der Waals surface area contributed by atoms with Gasteiger partial charge in [0.05, 0.1) is 0 Å². The number of hydrogen-bond acceptors (Lipinski definition) is 2. The first-order valence-electron chi connectivity index (χ1n) is 5.27. The lowest BCUT2D eigenvalue weighted by Crippen LogP contribution is -2.04. The van der Waals surface area contributed by atoms with E-state index in [1.54, 1.807) is 0 Å². The summed E-state index contributed by atoms with van der Waals surface area (Å²) in [6.07, 6.45) is 0.994. The van der Waals surface area contributed by atoms with E-state index in [1.165, 1.54) is 24.3 Å². The van der Waals surface area contributed by atoms with Crippen molar-refractivity contribution in [2.75, 3.05) is 11.5 Å². The maximum Gasteiger partial charge on any atom is 0.162 e. The van der Waals surface area contributed by atoms with Gasteiger partial charge in [0.1, 0.15) is 5.82 Å². The molecule has 4 heteroatoms. The van der Waals surface area contributed by atoms with Crippen molar-refractivity contribution in [3.8, 4) is 0 Å². The molecular formula is C12H15FO2S. The van der Waals surface area contributed by atoms with Gasteiger partial charge in [-0.2, -0.15) is 0 Å². The fourth-order valence-electron chi connectivity index (χ4n) is 1.32. The third-order valence-corrected chi connectivity index (χ3v) is 3.65. The van der Waals surface area contributed by atoms with Crippen molar-refractivity contribution in [3.63, 3.8) is 0 Å². The Balaban J connectivity index is 2.41. The van der Waals surface area contributed by atoms with Crippen molar-refractivity contribution >= 4 is 16.6 Å². The van der Waals surface area contributed by atoms with Crippen LogP contribution in [0.15, 0.2) is 24.3 Å². The van der Waals surface area contributed by atoms with Crippen LogP contribution >= 0.6 is 0 Å². The molecule has 0 heterocycles. The molecule has 0 N–H and O–H groups in total. The van der Waals surface area contributed by atoms with Gasteiger partial charge >= 0.3 is 0 Å². The van der Waals surface area contributed by atoms with Crippen LogP contribution in [0, 0.1) is 5.82 Å². The summed E-state index contributed by atoms with van der Waals surface area (Å²) in [5.41, 5.74) is 0.517. The largest absolute Gasteiger partial charge is 0.294 e. The number of hydrogen-bond donors (Lipinski definition) is 0. The quantitative estimate of drug-likeness (QED) is 0.718. The highest BCUT2D eigenvalue weighted by Crippen LogP contribution is 2.07. The molecule has 0 aliphatic rings. The van der Waals surface area contributed by atoms with E-state index in [0.29, 0.717) is 29.9 Å². The second-order valence-electron chi connectivity index (χ2n) is 3.47. The van der Waals surface area contributed by atoms with E-state index in [1.807, 2.05) is 6.92 Å². The smallest absolute Gasteiger partial charge is 0.162 e.